The first-order valence-corrected chi connectivity index (χ1v) is 8.98. The van der Waals surface area contributed by atoms with Crippen molar-refractivity contribution in [2.75, 3.05) is 16.8 Å². The zero-order chi connectivity index (χ0) is 18.0. The molecule has 4 nitrogen and oxygen atoms in total. The average molecular weight is 358 g/mol. The Balaban J connectivity index is 1.75. The number of carbonyl (C=O) groups is 1. The van der Waals surface area contributed by atoms with Crippen LogP contribution in [0.2, 0.25) is 5.02 Å². The fraction of sp³-hybridized carbons (Fsp3) is 0.400. The summed E-state index contributed by atoms with van der Waals surface area (Å²) in [5.41, 5.74) is 3.24. The Bertz CT molecular complexity index is 769. The summed E-state index contributed by atoms with van der Waals surface area (Å²) in [6, 6.07) is 12.3. The molecule has 0 bridgehead atoms. The molecule has 25 heavy (non-hydrogen) atoms. The standard InChI is InChI=1S/C20H24ClN3O/c1-20(2,3)12-18(25)23-19-15(21)11-17-16(22-19)9-10-24(17)13-14-7-5-4-6-8-14/h4-8,11H,9-10,12-13H2,1-3H3,(H,22,23,25). The van der Waals surface area contributed by atoms with E-state index >= 15 is 0 Å². The fourth-order valence-corrected chi connectivity index (χ4v) is 3.24. The lowest BCUT2D eigenvalue weighted by atomic mass is 9.92. The van der Waals surface area contributed by atoms with Crippen molar-refractivity contribution in [3.63, 3.8) is 0 Å². The van der Waals surface area contributed by atoms with Gasteiger partial charge in [0.1, 0.15) is 0 Å². The van der Waals surface area contributed by atoms with Crippen molar-refractivity contribution in [1.82, 2.24) is 4.98 Å². The Morgan fingerprint density at radius 3 is 2.68 bits per heavy atom. The Morgan fingerprint density at radius 2 is 2.00 bits per heavy atom. The molecule has 5 heteroatoms. The maximum absolute atomic E-state index is 12.2. The first-order valence-electron chi connectivity index (χ1n) is 8.60. The van der Waals surface area contributed by atoms with Crippen molar-refractivity contribution >= 4 is 29.0 Å². The molecule has 0 saturated heterocycles. The van der Waals surface area contributed by atoms with Crippen LogP contribution in [0.4, 0.5) is 11.5 Å². The molecule has 3 rings (SSSR count). The number of amides is 1. The highest BCUT2D eigenvalue weighted by atomic mass is 35.5. The SMILES string of the molecule is CC(C)(C)CC(=O)Nc1nc2c(cc1Cl)N(Cc1ccccc1)CC2. The Hall–Kier alpha value is -2.07. The summed E-state index contributed by atoms with van der Waals surface area (Å²) in [4.78, 5) is 19.1. The molecule has 0 aliphatic carbocycles. The van der Waals surface area contributed by atoms with Crippen LogP contribution < -0.4 is 10.2 Å². The Kier molecular flexibility index (Phi) is 5.00. The van der Waals surface area contributed by atoms with Gasteiger partial charge in [-0.15, -0.1) is 0 Å². The third kappa shape index (κ3) is 4.51. The number of benzene rings is 1. The van der Waals surface area contributed by atoms with Crippen LogP contribution in [-0.4, -0.2) is 17.4 Å². The van der Waals surface area contributed by atoms with Gasteiger partial charge in [0.15, 0.2) is 5.82 Å². The van der Waals surface area contributed by atoms with E-state index in [0.717, 1.165) is 30.9 Å². The number of nitrogens with zero attached hydrogens (tertiary/aromatic N) is 2. The highest BCUT2D eigenvalue weighted by Crippen LogP contribution is 2.34. The number of rotatable bonds is 4. The van der Waals surface area contributed by atoms with E-state index in [1.54, 1.807) is 0 Å². The van der Waals surface area contributed by atoms with Crippen molar-refractivity contribution < 1.29 is 4.79 Å². The summed E-state index contributed by atoms with van der Waals surface area (Å²) >= 11 is 6.39. The first kappa shape index (κ1) is 17.7. The van der Waals surface area contributed by atoms with Gasteiger partial charge in [-0.3, -0.25) is 4.79 Å². The molecular formula is C20H24ClN3O. The molecule has 0 saturated carbocycles. The molecule has 0 unspecified atom stereocenters. The smallest absolute Gasteiger partial charge is 0.226 e. The molecule has 2 aromatic rings. The Labute approximate surface area is 154 Å². The molecule has 1 aliphatic heterocycles. The van der Waals surface area contributed by atoms with Gasteiger partial charge in [0, 0.05) is 25.9 Å². The average Bonchev–Trinajstić information content (AvgIpc) is 2.89. The van der Waals surface area contributed by atoms with Crippen molar-refractivity contribution in [3.05, 3.63) is 52.7 Å². The maximum atomic E-state index is 12.2. The molecule has 0 atom stereocenters. The van der Waals surface area contributed by atoms with Crippen molar-refractivity contribution in [3.8, 4) is 0 Å². The van der Waals surface area contributed by atoms with E-state index < -0.39 is 0 Å². The van der Waals surface area contributed by atoms with Gasteiger partial charge in [-0.2, -0.15) is 0 Å². The third-order valence-electron chi connectivity index (χ3n) is 4.16. The van der Waals surface area contributed by atoms with E-state index in [2.05, 4.69) is 27.3 Å². The van der Waals surface area contributed by atoms with Gasteiger partial charge in [0.05, 0.1) is 16.4 Å². The molecule has 1 aliphatic rings. The van der Waals surface area contributed by atoms with Gasteiger partial charge < -0.3 is 10.2 Å². The number of carbonyl (C=O) groups excluding carboxylic acids is 1. The first-order chi connectivity index (χ1) is 11.8. The molecule has 2 heterocycles. The number of anilines is 2. The van der Waals surface area contributed by atoms with Crippen molar-refractivity contribution in [1.29, 1.82) is 0 Å². The van der Waals surface area contributed by atoms with E-state index in [1.165, 1.54) is 5.56 Å². The molecule has 1 aromatic carbocycles. The van der Waals surface area contributed by atoms with E-state index in [0.29, 0.717) is 17.3 Å². The number of hydrogen-bond donors (Lipinski definition) is 1. The monoisotopic (exact) mass is 357 g/mol. The van der Waals surface area contributed by atoms with E-state index in [-0.39, 0.29) is 11.3 Å². The number of pyridine rings is 1. The molecule has 1 N–H and O–H groups in total. The van der Waals surface area contributed by atoms with Gasteiger partial charge in [0.2, 0.25) is 5.91 Å². The van der Waals surface area contributed by atoms with Gasteiger partial charge in [-0.1, -0.05) is 62.7 Å². The van der Waals surface area contributed by atoms with Crippen LogP contribution in [0, 0.1) is 5.41 Å². The number of aromatic nitrogens is 1. The number of hydrogen-bond acceptors (Lipinski definition) is 3. The predicted molar refractivity (Wildman–Crippen MR) is 103 cm³/mol. The number of halogens is 1. The molecular weight excluding hydrogens is 334 g/mol. The van der Waals surface area contributed by atoms with Gasteiger partial charge in [-0.25, -0.2) is 4.98 Å². The fourth-order valence-electron chi connectivity index (χ4n) is 3.05. The summed E-state index contributed by atoms with van der Waals surface area (Å²) in [5, 5.41) is 3.35. The summed E-state index contributed by atoms with van der Waals surface area (Å²) in [6.45, 7) is 7.85. The van der Waals surface area contributed by atoms with Crippen LogP contribution in [0.25, 0.3) is 0 Å². The van der Waals surface area contributed by atoms with Crippen LogP contribution in [0.15, 0.2) is 36.4 Å². The molecule has 0 fully saturated rings. The minimum atomic E-state index is -0.0697. The minimum Gasteiger partial charge on any atom is -0.365 e. The molecule has 0 radical (unpaired) electrons. The van der Waals surface area contributed by atoms with Crippen LogP contribution in [0.1, 0.15) is 38.4 Å². The third-order valence-corrected chi connectivity index (χ3v) is 4.44. The quantitative estimate of drug-likeness (QED) is 0.864. The Morgan fingerprint density at radius 1 is 1.28 bits per heavy atom. The number of fused-ring (bicyclic) bond motifs is 1. The van der Waals surface area contributed by atoms with Gasteiger partial charge >= 0.3 is 0 Å². The molecule has 1 amide bonds. The lowest BCUT2D eigenvalue weighted by Gasteiger charge is -2.20. The second-order valence-corrected chi connectivity index (χ2v) is 8.13. The second kappa shape index (κ2) is 7.04. The van der Waals surface area contributed by atoms with Gasteiger partial charge in [-0.05, 0) is 17.0 Å². The van der Waals surface area contributed by atoms with Crippen molar-refractivity contribution in [2.45, 2.75) is 40.2 Å². The zero-order valence-corrected chi connectivity index (χ0v) is 15.7. The zero-order valence-electron chi connectivity index (χ0n) is 15.0. The van der Waals surface area contributed by atoms with Crippen LogP contribution in [0.3, 0.4) is 0 Å². The summed E-state index contributed by atoms with van der Waals surface area (Å²) < 4.78 is 0. The second-order valence-electron chi connectivity index (χ2n) is 7.73. The highest BCUT2D eigenvalue weighted by molar-refractivity contribution is 6.33. The highest BCUT2D eigenvalue weighted by Gasteiger charge is 2.24. The summed E-state index contributed by atoms with van der Waals surface area (Å²) in [6.07, 6.45) is 1.30. The topological polar surface area (TPSA) is 45.2 Å². The predicted octanol–water partition coefficient (Wildman–Crippen LogP) is 4.67. The maximum Gasteiger partial charge on any atom is 0.226 e. The molecule has 132 valence electrons. The normalized spacial score (nSPS) is 13.7. The van der Waals surface area contributed by atoms with Crippen molar-refractivity contribution in [2.24, 2.45) is 5.41 Å². The lowest BCUT2D eigenvalue weighted by Crippen LogP contribution is -2.21. The molecule has 1 aromatic heterocycles. The lowest BCUT2D eigenvalue weighted by molar-refractivity contribution is -0.117. The summed E-state index contributed by atoms with van der Waals surface area (Å²) in [7, 11) is 0. The van der Waals surface area contributed by atoms with Gasteiger partial charge in [0.25, 0.3) is 0 Å². The van der Waals surface area contributed by atoms with Crippen LogP contribution in [0.5, 0.6) is 0 Å². The largest absolute Gasteiger partial charge is 0.365 e. The minimum absolute atomic E-state index is 0.0546. The van der Waals surface area contributed by atoms with Crippen LogP contribution in [-0.2, 0) is 17.8 Å². The van der Waals surface area contributed by atoms with E-state index in [1.807, 2.05) is 45.0 Å². The van der Waals surface area contributed by atoms with Crippen LogP contribution >= 0.6 is 11.6 Å². The van der Waals surface area contributed by atoms with E-state index in [9.17, 15) is 4.79 Å². The number of nitrogens with one attached hydrogen (secondary N) is 1. The molecule has 0 spiro atoms. The summed E-state index contributed by atoms with van der Waals surface area (Å²) in [5.74, 6) is 0.414. The van der Waals surface area contributed by atoms with E-state index in [4.69, 9.17) is 11.6 Å².